The lowest BCUT2D eigenvalue weighted by molar-refractivity contribution is -0.128. The molecule has 1 aromatic rings. The molecule has 0 radical (unpaired) electrons. The third kappa shape index (κ3) is 1.55. The Morgan fingerprint density at radius 3 is 2.92 bits per heavy atom. The molecule has 2 rings (SSSR count). The van der Waals surface area contributed by atoms with Crippen LogP contribution < -0.4 is 11.1 Å². The fourth-order valence-corrected chi connectivity index (χ4v) is 1.50. The average molecular weight is 176 g/mol. The van der Waals surface area contributed by atoms with Crippen LogP contribution >= 0.6 is 0 Å². The van der Waals surface area contributed by atoms with E-state index in [1.54, 1.807) is 0 Å². The molecule has 0 bridgehead atoms. The Balaban J connectivity index is 2.16. The fraction of sp³-hybridized carbons (Fsp3) is 0.300. The van der Waals surface area contributed by atoms with Gasteiger partial charge in [-0.25, -0.2) is 0 Å². The van der Waals surface area contributed by atoms with Gasteiger partial charge in [0.25, 0.3) is 0 Å². The summed E-state index contributed by atoms with van der Waals surface area (Å²) in [5.41, 5.74) is 7.78. The minimum Gasteiger partial charge on any atom is -0.349 e. The number of amides is 1. The second-order valence-corrected chi connectivity index (χ2v) is 3.27. The zero-order chi connectivity index (χ0) is 9.26. The van der Waals surface area contributed by atoms with Crippen molar-refractivity contribution in [3.63, 3.8) is 0 Å². The van der Waals surface area contributed by atoms with Gasteiger partial charge in [-0.1, -0.05) is 24.3 Å². The molecule has 1 heterocycles. The van der Waals surface area contributed by atoms with Gasteiger partial charge in [-0.15, -0.1) is 0 Å². The van der Waals surface area contributed by atoms with E-state index >= 15 is 0 Å². The molecule has 1 unspecified atom stereocenters. The maximum Gasteiger partial charge on any atom is 0.222 e. The van der Waals surface area contributed by atoms with E-state index in [0.717, 1.165) is 11.1 Å². The summed E-state index contributed by atoms with van der Waals surface area (Å²) in [6, 6.07) is 8.23. The molecule has 3 N–H and O–H groups in total. The zero-order valence-electron chi connectivity index (χ0n) is 7.29. The predicted octanol–water partition coefficient (Wildman–Crippen LogP) is 0.706. The first kappa shape index (κ1) is 8.26. The second-order valence-electron chi connectivity index (χ2n) is 3.27. The van der Waals surface area contributed by atoms with Crippen LogP contribution in [0, 0.1) is 0 Å². The number of carbonyl (C=O) groups is 1. The lowest BCUT2D eigenvalue weighted by Gasteiger charge is -2.27. The molecule has 1 aliphatic rings. The first-order valence-electron chi connectivity index (χ1n) is 4.38. The summed E-state index contributed by atoms with van der Waals surface area (Å²) in [4.78, 5) is 10.7. The average Bonchev–Trinajstić information content (AvgIpc) is 2.13. The number of hydrogen-bond acceptors (Lipinski definition) is 2. The van der Waals surface area contributed by atoms with Gasteiger partial charge in [0.15, 0.2) is 0 Å². The van der Waals surface area contributed by atoms with Crippen LogP contribution in [0.5, 0.6) is 0 Å². The molecule has 0 aromatic heterocycles. The van der Waals surface area contributed by atoms with E-state index in [0.29, 0.717) is 13.0 Å². The smallest absolute Gasteiger partial charge is 0.222 e. The molecular formula is C10H12N2O. The molecular weight excluding hydrogens is 164 g/mol. The number of nitrogens with two attached hydrogens (primary N) is 1. The Bertz CT molecular complexity index is 327. The highest BCUT2D eigenvalue weighted by atomic mass is 16.2. The molecule has 3 nitrogen and oxygen atoms in total. The second kappa shape index (κ2) is 3.18. The Kier molecular flexibility index (Phi) is 2.02. The SMILES string of the molecule is NCc1cccc(C2CC(=O)N2)c1. The normalized spacial score (nSPS) is 20.7. The molecule has 1 atom stereocenters. The van der Waals surface area contributed by atoms with E-state index in [4.69, 9.17) is 5.73 Å². The molecule has 1 aromatic carbocycles. The van der Waals surface area contributed by atoms with Crippen molar-refractivity contribution in [2.45, 2.75) is 19.0 Å². The molecule has 1 saturated heterocycles. The lowest BCUT2D eigenvalue weighted by atomic mass is 9.96. The van der Waals surface area contributed by atoms with Gasteiger partial charge < -0.3 is 11.1 Å². The zero-order valence-corrected chi connectivity index (χ0v) is 7.29. The largest absolute Gasteiger partial charge is 0.349 e. The summed E-state index contributed by atoms with van der Waals surface area (Å²) in [6.45, 7) is 0.550. The van der Waals surface area contributed by atoms with Gasteiger partial charge in [0.05, 0.1) is 12.5 Å². The van der Waals surface area contributed by atoms with Crippen molar-refractivity contribution >= 4 is 5.91 Å². The number of carbonyl (C=O) groups excluding carboxylic acids is 1. The third-order valence-electron chi connectivity index (χ3n) is 2.31. The summed E-state index contributed by atoms with van der Waals surface area (Å²) in [5.74, 6) is 0.128. The molecule has 3 heteroatoms. The van der Waals surface area contributed by atoms with E-state index in [2.05, 4.69) is 5.32 Å². The monoisotopic (exact) mass is 176 g/mol. The standard InChI is InChI=1S/C10H12N2O/c11-6-7-2-1-3-8(4-7)9-5-10(13)12-9/h1-4,9H,5-6,11H2,(H,12,13). The number of hydrogen-bond donors (Lipinski definition) is 2. The molecule has 0 saturated carbocycles. The Hall–Kier alpha value is -1.35. The van der Waals surface area contributed by atoms with Crippen molar-refractivity contribution in [1.82, 2.24) is 5.32 Å². The van der Waals surface area contributed by atoms with Crippen LogP contribution in [0.3, 0.4) is 0 Å². The first-order valence-corrected chi connectivity index (χ1v) is 4.38. The molecule has 0 spiro atoms. The van der Waals surface area contributed by atoms with E-state index < -0.39 is 0 Å². The summed E-state index contributed by atoms with van der Waals surface area (Å²) in [5, 5.41) is 2.83. The van der Waals surface area contributed by atoms with Gasteiger partial charge in [-0.3, -0.25) is 4.79 Å². The third-order valence-corrected chi connectivity index (χ3v) is 2.31. The quantitative estimate of drug-likeness (QED) is 0.652. The lowest BCUT2D eigenvalue weighted by Crippen LogP contribution is -2.41. The number of benzene rings is 1. The Morgan fingerprint density at radius 1 is 1.54 bits per heavy atom. The van der Waals surface area contributed by atoms with Crippen LogP contribution in [0.4, 0.5) is 0 Å². The predicted molar refractivity (Wildman–Crippen MR) is 49.8 cm³/mol. The van der Waals surface area contributed by atoms with E-state index in [1.807, 2.05) is 24.3 Å². The van der Waals surface area contributed by atoms with E-state index in [1.165, 1.54) is 0 Å². The van der Waals surface area contributed by atoms with Crippen molar-refractivity contribution in [1.29, 1.82) is 0 Å². The topological polar surface area (TPSA) is 55.1 Å². The van der Waals surface area contributed by atoms with Gasteiger partial charge >= 0.3 is 0 Å². The summed E-state index contributed by atoms with van der Waals surface area (Å²) in [7, 11) is 0. The van der Waals surface area contributed by atoms with Gasteiger partial charge in [0.2, 0.25) is 5.91 Å². The van der Waals surface area contributed by atoms with Crippen LogP contribution in [-0.2, 0) is 11.3 Å². The Morgan fingerprint density at radius 2 is 2.31 bits per heavy atom. The number of nitrogens with one attached hydrogen (secondary N) is 1. The molecule has 68 valence electrons. The van der Waals surface area contributed by atoms with Crippen LogP contribution in [-0.4, -0.2) is 5.91 Å². The van der Waals surface area contributed by atoms with E-state index in [9.17, 15) is 4.79 Å². The van der Waals surface area contributed by atoms with Gasteiger partial charge in [0, 0.05) is 6.54 Å². The maximum atomic E-state index is 10.7. The van der Waals surface area contributed by atoms with Crippen molar-refractivity contribution < 1.29 is 4.79 Å². The fourth-order valence-electron chi connectivity index (χ4n) is 1.50. The summed E-state index contributed by atoms with van der Waals surface area (Å²) < 4.78 is 0. The minimum atomic E-state index is 0.128. The molecule has 0 aliphatic carbocycles. The summed E-state index contributed by atoms with van der Waals surface area (Å²) in [6.07, 6.45) is 0.605. The highest BCUT2D eigenvalue weighted by Crippen LogP contribution is 2.24. The minimum absolute atomic E-state index is 0.128. The van der Waals surface area contributed by atoms with Crippen molar-refractivity contribution in [2.75, 3.05) is 0 Å². The highest BCUT2D eigenvalue weighted by Gasteiger charge is 2.26. The Labute approximate surface area is 76.9 Å². The van der Waals surface area contributed by atoms with Crippen LogP contribution in [0.2, 0.25) is 0 Å². The van der Waals surface area contributed by atoms with Crippen molar-refractivity contribution in [2.24, 2.45) is 5.73 Å². The van der Waals surface area contributed by atoms with Crippen molar-refractivity contribution in [3.8, 4) is 0 Å². The molecule has 1 aliphatic heterocycles. The molecule has 1 fully saturated rings. The van der Waals surface area contributed by atoms with Crippen LogP contribution in [0.25, 0.3) is 0 Å². The van der Waals surface area contributed by atoms with Crippen molar-refractivity contribution in [3.05, 3.63) is 35.4 Å². The highest BCUT2D eigenvalue weighted by molar-refractivity contribution is 5.83. The van der Waals surface area contributed by atoms with Crippen LogP contribution in [0.1, 0.15) is 23.6 Å². The number of β-lactam (4-membered cyclic amide) rings is 1. The molecule has 1 amide bonds. The van der Waals surface area contributed by atoms with Gasteiger partial charge in [0.1, 0.15) is 0 Å². The van der Waals surface area contributed by atoms with Gasteiger partial charge in [-0.2, -0.15) is 0 Å². The maximum absolute atomic E-state index is 10.7. The van der Waals surface area contributed by atoms with Gasteiger partial charge in [-0.05, 0) is 11.1 Å². The first-order chi connectivity index (χ1) is 6.29. The molecule has 13 heavy (non-hydrogen) atoms. The summed E-state index contributed by atoms with van der Waals surface area (Å²) >= 11 is 0. The number of rotatable bonds is 2. The van der Waals surface area contributed by atoms with Crippen LogP contribution in [0.15, 0.2) is 24.3 Å². The van der Waals surface area contributed by atoms with E-state index in [-0.39, 0.29) is 11.9 Å².